The van der Waals surface area contributed by atoms with Crippen LogP contribution in [0.2, 0.25) is 0 Å². The number of amides is 1. The van der Waals surface area contributed by atoms with Crippen LogP contribution in [0.5, 0.6) is 0 Å². The van der Waals surface area contributed by atoms with Crippen LogP contribution in [0.15, 0.2) is 0 Å². The first-order valence-electron chi connectivity index (χ1n) is 5.91. The van der Waals surface area contributed by atoms with Gasteiger partial charge in [-0.25, -0.2) is 9.52 Å². The average molecular weight is 279 g/mol. The molecule has 1 saturated carbocycles. The van der Waals surface area contributed by atoms with Gasteiger partial charge in [-0.1, -0.05) is 0 Å². The second kappa shape index (κ2) is 5.41. The molecule has 18 heavy (non-hydrogen) atoms. The molecule has 0 saturated heterocycles. The highest BCUT2D eigenvalue weighted by Crippen LogP contribution is 2.39. The molecule has 0 radical (unpaired) electrons. The molecule has 8 heteroatoms. The number of rotatable bonds is 6. The molecule has 1 atom stereocenters. The summed E-state index contributed by atoms with van der Waals surface area (Å²) < 4.78 is 32.4. The van der Waals surface area contributed by atoms with Crippen LogP contribution < -0.4 is 15.2 Å². The Labute approximate surface area is 108 Å². The number of ether oxygens (including phenoxy) is 1. The highest BCUT2D eigenvalue weighted by Gasteiger charge is 2.43. The number of carbonyl (C=O) groups is 1. The van der Waals surface area contributed by atoms with Gasteiger partial charge in [0.25, 0.3) is 0 Å². The van der Waals surface area contributed by atoms with Gasteiger partial charge >= 0.3 is 16.3 Å². The number of nitrogens with two attached hydrogens (primary N) is 1. The van der Waals surface area contributed by atoms with Crippen molar-refractivity contribution in [3.05, 3.63) is 0 Å². The lowest BCUT2D eigenvalue weighted by atomic mass is 9.98. The predicted molar refractivity (Wildman–Crippen MR) is 67.0 cm³/mol. The molecular formula is C10H21N3O4S. The standard InChI is InChI=1S/C10H21N3O4S/c1-7(2)17-9(14)12-18(15,16)13-10(3,6-11)8-4-5-8/h7-8,13H,4-6,11H2,1-3H3,(H,12,14). The van der Waals surface area contributed by atoms with E-state index in [-0.39, 0.29) is 18.6 Å². The van der Waals surface area contributed by atoms with Gasteiger partial charge in [-0.05, 0) is 39.5 Å². The van der Waals surface area contributed by atoms with Crippen molar-refractivity contribution in [1.29, 1.82) is 0 Å². The van der Waals surface area contributed by atoms with E-state index in [1.807, 2.05) is 0 Å². The fraction of sp³-hybridized carbons (Fsp3) is 0.900. The molecule has 0 heterocycles. The summed E-state index contributed by atoms with van der Waals surface area (Å²) in [5.74, 6) is 0.222. The van der Waals surface area contributed by atoms with Crippen molar-refractivity contribution in [3.63, 3.8) is 0 Å². The lowest BCUT2D eigenvalue weighted by Gasteiger charge is -2.28. The van der Waals surface area contributed by atoms with Gasteiger partial charge in [0.05, 0.1) is 6.10 Å². The van der Waals surface area contributed by atoms with Crippen LogP contribution in [0.4, 0.5) is 4.79 Å². The van der Waals surface area contributed by atoms with Gasteiger partial charge in [0.15, 0.2) is 0 Å². The van der Waals surface area contributed by atoms with E-state index >= 15 is 0 Å². The third-order valence-corrected chi connectivity index (χ3v) is 4.00. The summed E-state index contributed by atoms with van der Waals surface area (Å²) >= 11 is 0. The number of nitrogens with one attached hydrogen (secondary N) is 2. The lowest BCUT2D eigenvalue weighted by Crippen LogP contribution is -2.57. The second-order valence-corrected chi connectivity index (χ2v) is 6.47. The van der Waals surface area contributed by atoms with Crippen LogP contribution in [0.25, 0.3) is 0 Å². The minimum absolute atomic E-state index is 0.178. The number of carbonyl (C=O) groups excluding carboxylic acids is 1. The molecule has 0 aromatic rings. The van der Waals surface area contributed by atoms with Crippen molar-refractivity contribution in [2.24, 2.45) is 11.7 Å². The van der Waals surface area contributed by atoms with E-state index in [4.69, 9.17) is 10.5 Å². The molecule has 7 nitrogen and oxygen atoms in total. The first-order valence-corrected chi connectivity index (χ1v) is 7.39. The molecule has 4 N–H and O–H groups in total. The van der Waals surface area contributed by atoms with Gasteiger partial charge in [-0.3, -0.25) is 0 Å². The van der Waals surface area contributed by atoms with E-state index in [0.29, 0.717) is 0 Å². The molecule has 0 aromatic heterocycles. The maximum absolute atomic E-state index is 11.8. The topological polar surface area (TPSA) is 111 Å². The summed E-state index contributed by atoms with van der Waals surface area (Å²) in [6.45, 7) is 5.18. The first-order chi connectivity index (χ1) is 8.18. The lowest BCUT2D eigenvalue weighted by molar-refractivity contribution is 0.121. The Bertz CT molecular complexity index is 405. The van der Waals surface area contributed by atoms with Crippen molar-refractivity contribution in [2.45, 2.75) is 45.3 Å². The molecule has 0 aliphatic heterocycles. The summed E-state index contributed by atoms with van der Waals surface area (Å²) in [5.41, 5.74) is 4.88. The molecule has 1 aliphatic carbocycles. The molecule has 1 unspecified atom stereocenters. The van der Waals surface area contributed by atoms with Crippen LogP contribution in [0.1, 0.15) is 33.6 Å². The summed E-state index contributed by atoms with van der Waals surface area (Å²) in [5, 5.41) is 0. The molecule has 0 bridgehead atoms. The molecule has 1 aliphatic rings. The Morgan fingerprint density at radius 2 is 2.06 bits per heavy atom. The zero-order valence-corrected chi connectivity index (χ0v) is 11.7. The van der Waals surface area contributed by atoms with Crippen molar-refractivity contribution in [2.75, 3.05) is 6.54 Å². The predicted octanol–water partition coefficient (Wildman–Crippen LogP) is 0.0828. The Balaban J connectivity index is 2.61. The van der Waals surface area contributed by atoms with E-state index in [1.165, 1.54) is 0 Å². The molecule has 1 amide bonds. The first kappa shape index (κ1) is 15.2. The minimum Gasteiger partial charge on any atom is -0.446 e. The third-order valence-electron chi connectivity index (χ3n) is 2.83. The van der Waals surface area contributed by atoms with Crippen LogP contribution in [-0.2, 0) is 14.9 Å². The molecule has 0 aromatic carbocycles. The minimum atomic E-state index is -3.96. The summed E-state index contributed by atoms with van der Waals surface area (Å²) in [4.78, 5) is 11.2. The SMILES string of the molecule is CC(C)OC(=O)NS(=O)(=O)NC(C)(CN)C1CC1. The van der Waals surface area contributed by atoms with Gasteiger partial charge in [-0.15, -0.1) is 0 Å². The Hall–Kier alpha value is -0.860. The Morgan fingerprint density at radius 1 is 1.50 bits per heavy atom. The van der Waals surface area contributed by atoms with E-state index < -0.39 is 21.8 Å². The largest absolute Gasteiger partial charge is 0.446 e. The normalized spacial score (nSPS) is 19.4. The van der Waals surface area contributed by atoms with E-state index in [0.717, 1.165) is 12.8 Å². The van der Waals surface area contributed by atoms with Crippen LogP contribution in [-0.4, -0.2) is 32.7 Å². The molecule has 1 fully saturated rings. The maximum atomic E-state index is 11.8. The number of hydrogen-bond donors (Lipinski definition) is 3. The molecule has 1 rings (SSSR count). The van der Waals surface area contributed by atoms with Gasteiger partial charge in [0.1, 0.15) is 0 Å². The van der Waals surface area contributed by atoms with Crippen LogP contribution in [0, 0.1) is 5.92 Å². The van der Waals surface area contributed by atoms with Gasteiger partial charge in [-0.2, -0.15) is 13.1 Å². The summed E-state index contributed by atoms with van der Waals surface area (Å²) in [7, 11) is -3.96. The summed E-state index contributed by atoms with van der Waals surface area (Å²) in [6.07, 6.45) is 0.497. The fourth-order valence-electron chi connectivity index (χ4n) is 1.69. The van der Waals surface area contributed by atoms with Crippen LogP contribution in [0.3, 0.4) is 0 Å². The van der Waals surface area contributed by atoms with Gasteiger partial charge in [0, 0.05) is 12.1 Å². The second-order valence-electron chi connectivity index (χ2n) is 5.06. The molecular weight excluding hydrogens is 258 g/mol. The van der Waals surface area contributed by atoms with Crippen molar-refractivity contribution < 1.29 is 17.9 Å². The van der Waals surface area contributed by atoms with E-state index in [1.54, 1.807) is 25.5 Å². The quantitative estimate of drug-likeness (QED) is 0.638. The van der Waals surface area contributed by atoms with Crippen molar-refractivity contribution in [1.82, 2.24) is 9.44 Å². The van der Waals surface area contributed by atoms with Crippen LogP contribution >= 0.6 is 0 Å². The maximum Gasteiger partial charge on any atom is 0.422 e. The van der Waals surface area contributed by atoms with Gasteiger partial charge in [0.2, 0.25) is 0 Å². The van der Waals surface area contributed by atoms with Gasteiger partial charge < -0.3 is 10.5 Å². The Kier molecular flexibility index (Phi) is 4.57. The van der Waals surface area contributed by atoms with Crippen molar-refractivity contribution in [3.8, 4) is 0 Å². The molecule has 106 valence electrons. The monoisotopic (exact) mass is 279 g/mol. The third kappa shape index (κ3) is 4.43. The summed E-state index contributed by atoms with van der Waals surface area (Å²) in [6, 6.07) is 0. The molecule has 0 spiro atoms. The zero-order chi connectivity index (χ0) is 14.0. The zero-order valence-electron chi connectivity index (χ0n) is 10.9. The van der Waals surface area contributed by atoms with E-state index in [2.05, 4.69) is 4.72 Å². The van der Waals surface area contributed by atoms with E-state index in [9.17, 15) is 13.2 Å². The highest BCUT2D eigenvalue weighted by atomic mass is 32.2. The fourth-order valence-corrected chi connectivity index (χ4v) is 2.87. The number of hydrogen-bond acceptors (Lipinski definition) is 5. The Morgan fingerprint density at radius 3 is 2.44 bits per heavy atom. The van der Waals surface area contributed by atoms with Crippen molar-refractivity contribution >= 4 is 16.3 Å². The average Bonchev–Trinajstić information content (AvgIpc) is 2.96. The smallest absolute Gasteiger partial charge is 0.422 e. The highest BCUT2D eigenvalue weighted by molar-refractivity contribution is 7.88.